The summed E-state index contributed by atoms with van der Waals surface area (Å²) in [5, 5.41) is 5.59. The first kappa shape index (κ1) is 20.9. The van der Waals surface area contributed by atoms with Gasteiger partial charge in [-0.1, -0.05) is 12.5 Å². The monoisotopic (exact) mass is 445 g/mol. The lowest BCUT2D eigenvalue weighted by Crippen LogP contribution is -2.35. The fraction of sp³-hybridized carbons (Fsp3) is 0.333. The second-order valence-electron chi connectivity index (χ2n) is 7.30. The molecule has 0 unspecified atom stereocenters. The van der Waals surface area contributed by atoms with Crippen LogP contribution in [-0.2, 0) is 14.8 Å². The molecule has 0 saturated carbocycles. The zero-order valence-electron chi connectivity index (χ0n) is 16.4. The fourth-order valence-electron chi connectivity index (χ4n) is 3.55. The van der Waals surface area contributed by atoms with Crippen LogP contribution in [0.5, 0.6) is 0 Å². The minimum absolute atomic E-state index is 0.0746. The molecular weight excluding hydrogens is 422 g/mol. The maximum absolute atomic E-state index is 12.9. The number of amides is 2. The number of nitrogens with zero attached hydrogens (tertiary/aromatic N) is 1. The molecule has 0 aromatic heterocycles. The number of nitrogens with one attached hydrogen (secondary N) is 2. The van der Waals surface area contributed by atoms with Gasteiger partial charge in [0.2, 0.25) is 15.9 Å². The number of carbonyl (C=O) groups is 2. The van der Waals surface area contributed by atoms with E-state index >= 15 is 0 Å². The van der Waals surface area contributed by atoms with Gasteiger partial charge in [0.15, 0.2) is 0 Å². The van der Waals surface area contributed by atoms with Crippen LogP contribution in [0, 0.1) is 0 Å². The van der Waals surface area contributed by atoms with E-state index < -0.39 is 10.0 Å². The molecule has 2 aromatic carbocycles. The minimum atomic E-state index is -3.58. The highest BCUT2D eigenvalue weighted by Crippen LogP contribution is 2.32. The number of fused-ring (bicyclic) bond motifs is 1. The quantitative estimate of drug-likeness (QED) is 0.750. The smallest absolute Gasteiger partial charge is 0.255 e. The van der Waals surface area contributed by atoms with E-state index in [9.17, 15) is 18.0 Å². The first-order valence-electron chi connectivity index (χ1n) is 9.92. The molecule has 9 heteroatoms. The van der Waals surface area contributed by atoms with Crippen molar-refractivity contribution in [1.29, 1.82) is 0 Å². The van der Waals surface area contributed by atoms with Crippen LogP contribution < -0.4 is 10.6 Å². The zero-order valence-corrected chi connectivity index (χ0v) is 18.0. The fourth-order valence-corrected chi connectivity index (χ4v) is 6.05. The van der Waals surface area contributed by atoms with E-state index in [4.69, 9.17) is 0 Å². The van der Waals surface area contributed by atoms with Gasteiger partial charge >= 0.3 is 0 Å². The zero-order chi connectivity index (χ0) is 21.1. The number of hydrogen-bond donors (Lipinski definition) is 2. The van der Waals surface area contributed by atoms with Crippen molar-refractivity contribution in [3.63, 3.8) is 0 Å². The first-order chi connectivity index (χ1) is 14.4. The van der Waals surface area contributed by atoms with E-state index in [0.717, 1.165) is 24.2 Å². The number of piperidine rings is 1. The van der Waals surface area contributed by atoms with Crippen molar-refractivity contribution in [2.24, 2.45) is 0 Å². The van der Waals surface area contributed by atoms with Gasteiger partial charge in [-0.2, -0.15) is 4.31 Å². The molecule has 30 heavy (non-hydrogen) atoms. The van der Waals surface area contributed by atoms with Gasteiger partial charge in [-0.15, -0.1) is 11.8 Å². The van der Waals surface area contributed by atoms with Gasteiger partial charge in [-0.25, -0.2) is 8.42 Å². The van der Waals surface area contributed by atoms with Crippen molar-refractivity contribution in [3.05, 3.63) is 48.0 Å². The largest absolute Gasteiger partial charge is 0.325 e. The lowest BCUT2D eigenvalue weighted by Gasteiger charge is -2.26. The lowest BCUT2D eigenvalue weighted by atomic mass is 10.1. The Morgan fingerprint density at radius 1 is 1.07 bits per heavy atom. The highest BCUT2D eigenvalue weighted by molar-refractivity contribution is 7.99. The second kappa shape index (κ2) is 8.79. The van der Waals surface area contributed by atoms with Crippen molar-refractivity contribution in [2.75, 3.05) is 29.5 Å². The van der Waals surface area contributed by atoms with Crippen LogP contribution in [-0.4, -0.2) is 43.4 Å². The normalized spacial score (nSPS) is 17.5. The predicted octanol–water partition coefficient (Wildman–Crippen LogP) is 3.55. The van der Waals surface area contributed by atoms with Gasteiger partial charge in [-0.05, 0) is 49.2 Å². The topological polar surface area (TPSA) is 95.6 Å². The van der Waals surface area contributed by atoms with Crippen molar-refractivity contribution in [3.8, 4) is 0 Å². The molecule has 2 aliphatic rings. The number of benzene rings is 2. The summed E-state index contributed by atoms with van der Waals surface area (Å²) in [6.45, 7) is 1.05. The molecule has 2 amide bonds. The number of sulfonamides is 1. The van der Waals surface area contributed by atoms with Crippen LogP contribution in [0.4, 0.5) is 11.4 Å². The van der Waals surface area contributed by atoms with Crippen LogP contribution in [0.2, 0.25) is 0 Å². The van der Waals surface area contributed by atoms with Crippen LogP contribution in [0.3, 0.4) is 0 Å². The van der Waals surface area contributed by atoms with Gasteiger partial charge < -0.3 is 10.6 Å². The van der Waals surface area contributed by atoms with Crippen molar-refractivity contribution in [1.82, 2.24) is 4.31 Å². The predicted molar refractivity (Wildman–Crippen MR) is 117 cm³/mol. The highest BCUT2D eigenvalue weighted by atomic mass is 32.2. The Kier molecular flexibility index (Phi) is 6.12. The molecule has 0 bridgehead atoms. The molecule has 2 aliphatic heterocycles. The second-order valence-corrected chi connectivity index (χ2v) is 10.4. The van der Waals surface area contributed by atoms with Crippen molar-refractivity contribution >= 4 is 45.0 Å². The number of hydrogen-bond acceptors (Lipinski definition) is 5. The first-order valence-corrected chi connectivity index (χ1v) is 12.3. The number of anilines is 2. The molecule has 0 aliphatic carbocycles. The van der Waals surface area contributed by atoms with Crippen molar-refractivity contribution < 1.29 is 18.0 Å². The summed E-state index contributed by atoms with van der Waals surface area (Å²) in [4.78, 5) is 25.6. The molecule has 2 N–H and O–H groups in total. The Hall–Kier alpha value is -2.36. The summed E-state index contributed by atoms with van der Waals surface area (Å²) in [6.07, 6.45) is 3.20. The van der Waals surface area contributed by atoms with Crippen LogP contribution >= 0.6 is 11.8 Å². The minimum Gasteiger partial charge on any atom is -0.325 e. The van der Waals surface area contributed by atoms with E-state index in [2.05, 4.69) is 10.6 Å². The number of carbonyl (C=O) groups excluding carboxylic acids is 2. The molecule has 1 fully saturated rings. The molecule has 0 atom stereocenters. The summed E-state index contributed by atoms with van der Waals surface area (Å²) >= 11 is 1.57. The van der Waals surface area contributed by atoms with Crippen molar-refractivity contribution in [2.45, 2.75) is 35.5 Å². The molecular formula is C21H23N3O4S2. The van der Waals surface area contributed by atoms with Crippen LogP contribution in [0.15, 0.2) is 52.3 Å². The third-order valence-electron chi connectivity index (χ3n) is 5.15. The van der Waals surface area contributed by atoms with Gasteiger partial charge in [-0.3, -0.25) is 9.59 Å². The van der Waals surface area contributed by atoms with Crippen LogP contribution in [0.25, 0.3) is 0 Å². The Bertz CT molecular complexity index is 1080. The van der Waals surface area contributed by atoms with E-state index in [1.807, 2.05) is 6.07 Å². The summed E-state index contributed by atoms with van der Waals surface area (Å²) < 4.78 is 27.3. The van der Waals surface area contributed by atoms with E-state index in [1.165, 1.54) is 10.4 Å². The maximum atomic E-state index is 12.9. The van der Waals surface area contributed by atoms with Gasteiger partial charge in [0.05, 0.1) is 10.6 Å². The van der Waals surface area contributed by atoms with E-state index in [-0.39, 0.29) is 16.7 Å². The van der Waals surface area contributed by atoms with E-state index in [1.54, 1.807) is 42.1 Å². The molecule has 7 nitrogen and oxygen atoms in total. The summed E-state index contributed by atoms with van der Waals surface area (Å²) in [5.41, 5.74) is 1.42. The molecule has 1 saturated heterocycles. The average molecular weight is 446 g/mol. The SMILES string of the molecule is O=C1CCSc2ccc(C(=O)Nc3cccc(S(=O)(=O)N4CCCCC4)c3)cc2N1. The molecule has 2 heterocycles. The summed E-state index contributed by atoms with van der Waals surface area (Å²) in [5.74, 6) is 0.256. The Morgan fingerprint density at radius 2 is 1.87 bits per heavy atom. The standard InChI is InChI=1S/C21H23N3O4S2/c25-20-9-12-29-19-8-7-15(13-18(19)23-20)21(26)22-16-5-4-6-17(14-16)30(27,28)24-10-2-1-3-11-24/h4-8,13-14H,1-3,9-12H2,(H,22,26)(H,23,25). The third-order valence-corrected chi connectivity index (χ3v) is 8.12. The number of thioether (sulfide) groups is 1. The number of rotatable bonds is 4. The highest BCUT2D eigenvalue weighted by Gasteiger charge is 2.26. The Balaban J connectivity index is 1.53. The molecule has 2 aromatic rings. The maximum Gasteiger partial charge on any atom is 0.255 e. The van der Waals surface area contributed by atoms with Crippen LogP contribution in [0.1, 0.15) is 36.0 Å². The third kappa shape index (κ3) is 4.53. The summed E-state index contributed by atoms with van der Waals surface area (Å²) in [7, 11) is -3.58. The van der Waals surface area contributed by atoms with Gasteiger partial charge in [0.25, 0.3) is 5.91 Å². The molecule has 4 rings (SSSR count). The summed E-state index contributed by atoms with van der Waals surface area (Å²) in [6, 6.07) is 11.5. The Labute approximate surface area is 180 Å². The molecule has 0 spiro atoms. The molecule has 158 valence electrons. The average Bonchev–Trinajstić information content (AvgIpc) is 2.94. The lowest BCUT2D eigenvalue weighted by molar-refractivity contribution is -0.115. The Morgan fingerprint density at radius 3 is 2.67 bits per heavy atom. The van der Waals surface area contributed by atoms with Gasteiger partial charge in [0, 0.05) is 41.4 Å². The van der Waals surface area contributed by atoms with E-state index in [0.29, 0.717) is 42.2 Å². The van der Waals surface area contributed by atoms with Gasteiger partial charge in [0.1, 0.15) is 0 Å². The molecule has 0 radical (unpaired) electrons.